The highest BCUT2D eigenvalue weighted by atomic mass is 16.5. The van der Waals surface area contributed by atoms with Crippen LogP contribution in [0, 0.1) is 25.2 Å². The molecule has 2 aromatic carbocycles. The number of hydrogen-bond acceptors (Lipinski definition) is 4. The van der Waals surface area contributed by atoms with Crippen molar-refractivity contribution in [3.63, 3.8) is 0 Å². The summed E-state index contributed by atoms with van der Waals surface area (Å²) >= 11 is 0. The first kappa shape index (κ1) is 17.1. The van der Waals surface area contributed by atoms with E-state index in [0.29, 0.717) is 17.0 Å². The van der Waals surface area contributed by atoms with E-state index >= 15 is 0 Å². The van der Waals surface area contributed by atoms with Crippen molar-refractivity contribution in [3.8, 4) is 17.6 Å². The molecule has 0 bridgehead atoms. The number of nitrogens with zero attached hydrogens (tertiary/aromatic N) is 1. The zero-order valence-electron chi connectivity index (χ0n) is 13.8. The number of aromatic hydroxyl groups is 1. The van der Waals surface area contributed by atoms with Crippen LogP contribution in [0.15, 0.2) is 42.0 Å². The zero-order chi connectivity index (χ0) is 17.7. The normalized spacial score (nSPS) is 10.8. The Bertz CT molecular complexity index is 828. The van der Waals surface area contributed by atoms with Gasteiger partial charge in [-0.1, -0.05) is 24.3 Å². The quantitative estimate of drug-likeness (QED) is 0.666. The molecule has 0 unspecified atom stereocenters. The number of para-hydroxylation sites is 1. The van der Waals surface area contributed by atoms with Crippen LogP contribution in [0.5, 0.6) is 11.5 Å². The van der Waals surface area contributed by atoms with Crippen molar-refractivity contribution in [2.75, 3.05) is 12.4 Å². The number of benzene rings is 2. The Morgan fingerprint density at radius 1 is 1.25 bits per heavy atom. The first-order chi connectivity index (χ1) is 11.5. The monoisotopic (exact) mass is 322 g/mol. The van der Waals surface area contributed by atoms with Gasteiger partial charge in [0.2, 0.25) is 0 Å². The summed E-state index contributed by atoms with van der Waals surface area (Å²) in [6.45, 7) is 3.78. The Kier molecular flexibility index (Phi) is 5.23. The van der Waals surface area contributed by atoms with Crippen LogP contribution >= 0.6 is 0 Å². The lowest BCUT2D eigenvalue weighted by molar-refractivity contribution is -0.112. The fraction of sp³-hybridized carbons (Fsp3) is 0.158. The number of anilines is 1. The summed E-state index contributed by atoms with van der Waals surface area (Å²) in [6, 6.07) is 12.2. The molecule has 1 amide bonds. The van der Waals surface area contributed by atoms with Crippen LogP contribution in [0.4, 0.5) is 5.69 Å². The van der Waals surface area contributed by atoms with Gasteiger partial charge in [-0.2, -0.15) is 5.26 Å². The minimum Gasteiger partial charge on any atom is -0.504 e. The molecular formula is C19H18N2O3. The lowest BCUT2D eigenvalue weighted by Crippen LogP contribution is -2.15. The maximum atomic E-state index is 12.4. The second-order valence-corrected chi connectivity index (χ2v) is 5.32. The van der Waals surface area contributed by atoms with Gasteiger partial charge in [-0.3, -0.25) is 4.79 Å². The molecule has 0 aromatic heterocycles. The number of rotatable bonds is 4. The number of nitrogens with one attached hydrogen (secondary N) is 1. The van der Waals surface area contributed by atoms with Crippen molar-refractivity contribution >= 4 is 17.7 Å². The summed E-state index contributed by atoms with van der Waals surface area (Å²) in [5, 5.41) is 21.8. The molecule has 24 heavy (non-hydrogen) atoms. The van der Waals surface area contributed by atoms with E-state index in [4.69, 9.17) is 4.74 Å². The van der Waals surface area contributed by atoms with Gasteiger partial charge in [-0.15, -0.1) is 0 Å². The van der Waals surface area contributed by atoms with Crippen molar-refractivity contribution in [2.45, 2.75) is 13.8 Å². The number of carbonyl (C=O) groups excluding carboxylic acids is 1. The van der Waals surface area contributed by atoms with E-state index in [9.17, 15) is 15.2 Å². The average molecular weight is 322 g/mol. The maximum absolute atomic E-state index is 12.4. The number of methoxy groups -OCH3 is 1. The number of carbonyl (C=O) groups is 1. The van der Waals surface area contributed by atoms with Crippen molar-refractivity contribution in [1.29, 1.82) is 5.26 Å². The van der Waals surface area contributed by atoms with Crippen molar-refractivity contribution in [2.24, 2.45) is 0 Å². The minimum absolute atomic E-state index is 0.0535. The fourth-order valence-corrected chi connectivity index (χ4v) is 2.30. The van der Waals surface area contributed by atoms with Crippen molar-refractivity contribution in [1.82, 2.24) is 0 Å². The summed E-state index contributed by atoms with van der Waals surface area (Å²) < 4.78 is 4.97. The molecule has 2 rings (SSSR count). The third-order valence-corrected chi connectivity index (χ3v) is 3.60. The van der Waals surface area contributed by atoms with E-state index in [-0.39, 0.29) is 11.3 Å². The van der Waals surface area contributed by atoms with Crippen LogP contribution in [-0.2, 0) is 4.79 Å². The molecule has 0 aliphatic rings. The number of nitriles is 1. The molecular weight excluding hydrogens is 304 g/mol. The van der Waals surface area contributed by atoms with Gasteiger partial charge in [0.1, 0.15) is 11.6 Å². The summed E-state index contributed by atoms with van der Waals surface area (Å²) in [6.07, 6.45) is 1.42. The highest BCUT2D eigenvalue weighted by Crippen LogP contribution is 2.27. The Balaban J connectivity index is 2.29. The molecule has 122 valence electrons. The smallest absolute Gasteiger partial charge is 0.266 e. The van der Waals surface area contributed by atoms with Crippen LogP contribution in [-0.4, -0.2) is 18.1 Å². The molecule has 5 nitrogen and oxygen atoms in total. The topological polar surface area (TPSA) is 82.3 Å². The van der Waals surface area contributed by atoms with Gasteiger partial charge in [0, 0.05) is 5.69 Å². The first-order valence-corrected chi connectivity index (χ1v) is 7.32. The van der Waals surface area contributed by atoms with E-state index in [0.717, 1.165) is 11.1 Å². The van der Waals surface area contributed by atoms with E-state index < -0.39 is 5.91 Å². The predicted octanol–water partition coefficient (Wildman–Crippen LogP) is 3.56. The third kappa shape index (κ3) is 3.73. The largest absolute Gasteiger partial charge is 0.504 e. The molecule has 0 radical (unpaired) electrons. The van der Waals surface area contributed by atoms with E-state index in [1.807, 2.05) is 38.1 Å². The Hall–Kier alpha value is -3.26. The SMILES string of the molecule is COc1ccc(/C=C(\C#N)C(=O)Nc2c(C)cccc2C)cc1O. The van der Waals surface area contributed by atoms with Gasteiger partial charge < -0.3 is 15.2 Å². The molecule has 0 heterocycles. The van der Waals surface area contributed by atoms with Crippen molar-refractivity contribution < 1.29 is 14.6 Å². The van der Waals surface area contributed by atoms with Gasteiger partial charge in [0.05, 0.1) is 7.11 Å². The molecule has 2 aromatic rings. The second kappa shape index (κ2) is 7.34. The van der Waals surface area contributed by atoms with Crippen molar-refractivity contribution in [3.05, 3.63) is 58.7 Å². The predicted molar refractivity (Wildman–Crippen MR) is 92.8 cm³/mol. The molecule has 0 fully saturated rings. The maximum Gasteiger partial charge on any atom is 0.266 e. The van der Waals surface area contributed by atoms with Crippen LogP contribution in [0.25, 0.3) is 6.08 Å². The number of phenolic OH excluding ortho intramolecular Hbond substituents is 1. The number of aryl methyl sites for hydroxylation is 2. The number of ether oxygens (including phenoxy) is 1. The molecule has 0 saturated carbocycles. The van der Waals surface area contributed by atoms with Gasteiger partial charge in [-0.25, -0.2) is 0 Å². The fourth-order valence-electron chi connectivity index (χ4n) is 2.30. The highest BCUT2D eigenvalue weighted by Gasteiger charge is 2.13. The van der Waals surface area contributed by atoms with Gasteiger partial charge in [0.15, 0.2) is 11.5 Å². The van der Waals surface area contributed by atoms with Gasteiger partial charge in [0.25, 0.3) is 5.91 Å². The minimum atomic E-state index is -0.495. The molecule has 2 N–H and O–H groups in total. The summed E-state index contributed by atoms with van der Waals surface area (Å²) in [5.41, 5.74) is 3.01. The lowest BCUT2D eigenvalue weighted by atomic mass is 10.1. The summed E-state index contributed by atoms with van der Waals surface area (Å²) in [4.78, 5) is 12.4. The molecule has 0 atom stereocenters. The van der Waals surface area contributed by atoms with E-state index in [1.165, 1.54) is 19.3 Å². The number of amides is 1. The Morgan fingerprint density at radius 3 is 2.46 bits per heavy atom. The third-order valence-electron chi connectivity index (χ3n) is 3.60. The van der Waals surface area contributed by atoms with Gasteiger partial charge >= 0.3 is 0 Å². The summed E-state index contributed by atoms with van der Waals surface area (Å²) in [7, 11) is 1.45. The van der Waals surface area contributed by atoms with Gasteiger partial charge in [-0.05, 0) is 48.7 Å². The molecule has 0 aliphatic heterocycles. The second-order valence-electron chi connectivity index (χ2n) is 5.32. The highest BCUT2D eigenvalue weighted by molar-refractivity contribution is 6.10. The Morgan fingerprint density at radius 2 is 1.92 bits per heavy atom. The van der Waals surface area contributed by atoms with Crippen LogP contribution in [0.1, 0.15) is 16.7 Å². The lowest BCUT2D eigenvalue weighted by Gasteiger charge is -2.11. The molecule has 0 aliphatic carbocycles. The molecule has 5 heteroatoms. The standard InChI is InChI=1S/C19H18N2O3/c1-12-5-4-6-13(2)18(12)21-19(23)15(11-20)9-14-7-8-17(24-3)16(22)10-14/h4-10,22H,1-3H3,(H,21,23)/b15-9+. The number of phenols is 1. The average Bonchev–Trinajstić information content (AvgIpc) is 2.56. The Labute approximate surface area is 140 Å². The van der Waals surface area contributed by atoms with Crippen LogP contribution in [0.3, 0.4) is 0 Å². The first-order valence-electron chi connectivity index (χ1n) is 7.32. The number of hydrogen-bond donors (Lipinski definition) is 2. The summed E-state index contributed by atoms with van der Waals surface area (Å²) in [5.74, 6) is -0.227. The van der Waals surface area contributed by atoms with E-state index in [2.05, 4.69) is 5.32 Å². The molecule has 0 spiro atoms. The zero-order valence-corrected chi connectivity index (χ0v) is 13.8. The van der Waals surface area contributed by atoms with Crippen LogP contribution in [0.2, 0.25) is 0 Å². The van der Waals surface area contributed by atoms with E-state index in [1.54, 1.807) is 12.1 Å². The molecule has 0 saturated heterocycles. The van der Waals surface area contributed by atoms with Crippen LogP contribution < -0.4 is 10.1 Å².